The van der Waals surface area contributed by atoms with Gasteiger partial charge in [-0.2, -0.15) is 5.10 Å². The summed E-state index contributed by atoms with van der Waals surface area (Å²) in [6.45, 7) is 1.99. The zero-order valence-corrected chi connectivity index (χ0v) is 11.4. The highest BCUT2D eigenvalue weighted by Crippen LogP contribution is 2.12. The number of aryl methyl sites for hydroxylation is 1. The van der Waals surface area contributed by atoms with Crippen molar-refractivity contribution in [2.75, 3.05) is 0 Å². The lowest BCUT2D eigenvalue weighted by Crippen LogP contribution is -2.25. The van der Waals surface area contributed by atoms with E-state index in [0.29, 0.717) is 11.0 Å². The lowest BCUT2D eigenvalue weighted by molar-refractivity contribution is 0.522. The fourth-order valence-electron chi connectivity index (χ4n) is 2.29. The van der Waals surface area contributed by atoms with Gasteiger partial charge in [0, 0.05) is 25.5 Å². The third-order valence-corrected chi connectivity index (χ3v) is 3.30. The molecule has 0 bridgehead atoms. The quantitative estimate of drug-likeness (QED) is 0.719. The molecule has 0 spiro atoms. The standard InChI is InChI=1S/C14H15N5O/c1-10(6-11-4-3-5-15-7-11)19-9-16-12-8-18(2)17-13(12)14(19)20/h3-5,7-10H,6H2,1-2H3/t10-/m1/s1. The van der Waals surface area contributed by atoms with Gasteiger partial charge >= 0.3 is 0 Å². The van der Waals surface area contributed by atoms with Crippen LogP contribution in [0.3, 0.4) is 0 Å². The van der Waals surface area contributed by atoms with Crippen molar-refractivity contribution in [2.45, 2.75) is 19.4 Å². The van der Waals surface area contributed by atoms with E-state index in [4.69, 9.17) is 0 Å². The van der Waals surface area contributed by atoms with Crippen LogP contribution >= 0.6 is 0 Å². The summed E-state index contributed by atoms with van der Waals surface area (Å²) in [5.41, 5.74) is 2.02. The fraction of sp³-hybridized carbons (Fsp3) is 0.286. The summed E-state index contributed by atoms with van der Waals surface area (Å²) < 4.78 is 3.23. The van der Waals surface area contributed by atoms with Gasteiger partial charge in [-0.05, 0) is 25.0 Å². The van der Waals surface area contributed by atoms with Gasteiger partial charge in [0.15, 0.2) is 5.52 Å². The first kappa shape index (κ1) is 12.5. The highest BCUT2D eigenvalue weighted by Gasteiger charge is 2.13. The topological polar surface area (TPSA) is 65.6 Å². The number of nitrogens with zero attached hydrogens (tertiary/aromatic N) is 5. The zero-order chi connectivity index (χ0) is 14.1. The van der Waals surface area contributed by atoms with Gasteiger partial charge in [0.1, 0.15) is 5.52 Å². The van der Waals surface area contributed by atoms with Gasteiger partial charge in [0.05, 0.1) is 12.5 Å². The van der Waals surface area contributed by atoms with Crippen LogP contribution in [0.25, 0.3) is 11.0 Å². The number of fused-ring (bicyclic) bond motifs is 1. The molecular weight excluding hydrogens is 254 g/mol. The Morgan fingerprint density at radius 3 is 3.00 bits per heavy atom. The van der Waals surface area contributed by atoms with Gasteiger partial charge < -0.3 is 0 Å². The Labute approximate surface area is 115 Å². The van der Waals surface area contributed by atoms with Crippen molar-refractivity contribution in [3.8, 4) is 0 Å². The van der Waals surface area contributed by atoms with Crippen molar-refractivity contribution in [3.05, 3.63) is 53.0 Å². The molecule has 0 fully saturated rings. The van der Waals surface area contributed by atoms with E-state index in [0.717, 1.165) is 12.0 Å². The molecule has 0 saturated heterocycles. The molecule has 0 N–H and O–H groups in total. The Bertz CT molecular complexity index is 790. The molecule has 0 amide bonds. The van der Waals surface area contributed by atoms with Crippen LogP contribution in [0.5, 0.6) is 0 Å². The van der Waals surface area contributed by atoms with Crippen LogP contribution in [-0.2, 0) is 13.5 Å². The van der Waals surface area contributed by atoms with E-state index in [1.54, 1.807) is 35.0 Å². The van der Waals surface area contributed by atoms with Crippen molar-refractivity contribution in [2.24, 2.45) is 7.05 Å². The molecule has 0 aromatic carbocycles. The number of hydrogen-bond acceptors (Lipinski definition) is 4. The molecule has 3 aromatic heterocycles. The van der Waals surface area contributed by atoms with Crippen LogP contribution in [0.1, 0.15) is 18.5 Å². The molecule has 0 unspecified atom stereocenters. The normalized spacial score (nSPS) is 12.7. The molecular formula is C14H15N5O. The van der Waals surface area contributed by atoms with Crippen LogP contribution < -0.4 is 5.56 Å². The maximum atomic E-state index is 12.4. The predicted molar refractivity (Wildman–Crippen MR) is 75.4 cm³/mol. The largest absolute Gasteiger partial charge is 0.294 e. The Balaban J connectivity index is 1.97. The molecule has 20 heavy (non-hydrogen) atoms. The number of hydrogen-bond donors (Lipinski definition) is 0. The Morgan fingerprint density at radius 2 is 2.25 bits per heavy atom. The van der Waals surface area contributed by atoms with E-state index >= 15 is 0 Å². The first-order chi connectivity index (χ1) is 9.65. The van der Waals surface area contributed by atoms with Gasteiger partial charge in [-0.15, -0.1) is 0 Å². The lowest BCUT2D eigenvalue weighted by atomic mass is 10.1. The van der Waals surface area contributed by atoms with Crippen LogP contribution in [-0.4, -0.2) is 24.3 Å². The van der Waals surface area contributed by atoms with Crippen LogP contribution in [0.4, 0.5) is 0 Å². The van der Waals surface area contributed by atoms with E-state index < -0.39 is 0 Å². The van der Waals surface area contributed by atoms with E-state index in [9.17, 15) is 4.79 Å². The molecule has 0 aliphatic rings. The van der Waals surface area contributed by atoms with E-state index in [2.05, 4.69) is 15.1 Å². The molecule has 0 aliphatic carbocycles. The summed E-state index contributed by atoms with van der Waals surface area (Å²) in [5.74, 6) is 0. The van der Waals surface area contributed by atoms with Crippen molar-refractivity contribution in [1.82, 2.24) is 24.3 Å². The average molecular weight is 269 g/mol. The summed E-state index contributed by atoms with van der Waals surface area (Å²) in [5, 5.41) is 4.17. The first-order valence-corrected chi connectivity index (χ1v) is 6.44. The lowest BCUT2D eigenvalue weighted by Gasteiger charge is -2.14. The van der Waals surface area contributed by atoms with Crippen molar-refractivity contribution in [3.63, 3.8) is 0 Å². The minimum absolute atomic E-state index is 0.00519. The molecule has 0 saturated carbocycles. The summed E-state index contributed by atoms with van der Waals surface area (Å²) in [7, 11) is 1.78. The molecule has 1 atom stereocenters. The summed E-state index contributed by atoms with van der Waals surface area (Å²) >= 11 is 0. The third kappa shape index (κ3) is 2.20. The van der Waals surface area contributed by atoms with Gasteiger partial charge in [-0.3, -0.25) is 19.0 Å². The smallest absolute Gasteiger partial charge is 0.281 e. The predicted octanol–water partition coefficient (Wildman–Crippen LogP) is 1.33. The van der Waals surface area contributed by atoms with Gasteiger partial charge in [-0.1, -0.05) is 6.07 Å². The van der Waals surface area contributed by atoms with Crippen LogP contribution in [0.15, 0.2) is 41.8 Å². The maximum Gasteiger partial charge on any atom is 0.281 e. The minimum atomic E-state index is -0.105. The van der Waals surface area contributed by atoms with Crippen LogP contribution in [0, 0.1) is 0 Å². The highest BCUT2D eigenvalue weighted by atomic mass is 16.1. The summed E-state index contributed by atoms with van der Waals surface area (Å²) in [4.78, 5) is 20.8. The van der Waals surface area contributed by atoms with Gasteiger partial charge in [-0.25, -0.2) is 4.98 Å². The van der Waals surface area contributed by atoms with Crippen molar-refractivity contribution >= 4 is 11.0 Å². The van der Waals surface area contributed by atoms with Crippen LogP contribution in [0.2, 0.25) is 0 Å². The second-order valence-corrected chi connectivity index (χ2v) is 4.91. The molecule has 102 valence electrons. The van der Waals surface area contributed by atoms with E-state index in [-0.39, 0.29) is 11.6 Å². The average Bonchev–Trinajstić information content (AvgIpc) is 2.82. The molecule has 0 aliphatic heterocycles. The molecule has 6 heteroatoms. The number of pyridine rings is 1. The van der Waals surface area contributed by atoms with Crippen molar-refractivity contribution in [1.29, 1.82) is 0 Å². The minimum Gasteiger partial charge on any atom is -0.294 e. The SMILES string of the molecule is C[C@H](Cc1cccnc1)n1cnc2cn(C)nc2c1=O. The van der Waals surface area contributed by atoms with E-state index in [1.165, 1.54) is 0 Å². The number of aromatic nitrogens is 5. The van der Waals surface area contributed by atoms with E-state index in [1.807, 2.05) is 25.3 Å². The summed E-state index contributed by atoms with van der Waals surface area (Å²) in [6.07, 6.45) is 7.62. The second kappa shape index (κ2) is 4.88. The molecule has 3 heterocycles. The zero-order valence-electron chi connectivity index (χ0n) is 11.4. The molecule has 3 rings (SSSR count). The third-order valence-electron chi connectivity index (χ3n) is 3.30. The van der Waals surface area contributed by atoms with Gasteiger partial charge in [0.2, 0.25) is 0 Å². The maximum absolute atomic E-state index is 12.4. The van der Waals surface area contributed by atoms with Crippen molar-refractivity contribution < 1.29 is 0 Å². The molecule has 0 radical (unpaired) electrons. The second-order valence-electron chi connectivity index (χ2n) is 4.91. The Morgan fingerprint density at radius 1 is 1.40 bits per heavy atom. The summed E-state index contributed by atoms with van der Waals surface area (Å²) in [6, 6.07) is 3.90. The molecule has 3 aromatic rings. The molecule has 6 nitrogen and oxygen atoms in total. The Kier molecular flexibility index (Phi) is 3.06. The number of rotatable bonds is 3. The first-order valence-electron chi connectivity index (χ1n) is 6.44. The monoisotopic (exact) mass is 269 g/mol. The Hall–Kier alpha value is -2.50. The highest BCUT2D eigenvalue weighted by molar-refractivity contribution is 5.71. The van der Waals surface area contributed by atoms with Gasteiger partial charge in [0.25, 0.3) is 5.56 Å². The fourth-order valence-corrected chi connectivity index (χ4v) is 2.29.